The summed E-state index contributed by atoms with van der Waals surface area (Å²) in [5.74, 6) is 0.762. The third-order valence-corrected chi connectivity index (χ3v) is 5.77. The van der Waals surface area contributed by atoms with Crippen LogP contribution < -0.4 is 10.6 Å². The standard InChI is InChI=1S/C20H31N5O2/c1-21-20(22-15-16-6-5-9-19(14-16)25(26)27)23-17-10-12-24(13-11-17)18-7-3-2-4-8-18/h5-6,9,14,17-18H,2-4,7-8,10-13,15H2,1H3,(H2,21,22,23). The van der Waals surface area contributed by atoms with E-state index in [1.54, 1.807) is 19.2 Å². The van der Waals surface area contributed by atoms with E-state index < -0.39 is 0 Å². The van der Waals surface area contributed by atoms with Crippen LogP contribution in [0.15, 0.2) is 29.3 Å². The number of hydrogen-bond donors (Lipinski definition) is 2. The quantitative estimate of drug-likeness (QED) is 0.359. The van der Waals surface area contributed by atoms with Crippen molar-refractivity contribution in [3.05, 3.63) is 39.9 Å². The van der Waals surface area contributed by atoms with E-state index in [0.717, 1.165) is 43.5 Å². The Kier molecular flexibility index (Phi) is 7.04. The van der Waals surface area contributed by atoms with Crippen LogP contribution in [0.1, 0.15) is 50.5 Å². The molecule has 2 fully saturated rings. The fourth-order valence-corrected chi connectivity index (χ4v) is 4.21. The zero-order valence-electron chi connectivity index (χ0n) is 16.2. The molecule has 3 rings (SSSR count). The van der Waals surface area contributed by atoms with Crippen LogP contribution in [0.3, 0.4) is 0 Å². The SMILES string of the molecule is CN=C(NCc1cccc([N+](=O)[O-])c1)NC1CCN(C2CCCCC2)CC1. The largest absolute Gasteiger partial charge is 0.354 e. The molecule has 0 unspecified atom stereocenters. The van der Waals surface area contributed by atoms with Gasteiger partial charge in [-0.1, -0.05) is 31.4 Å². The van der Waals surface area contributed by atoms with Crippen LogP contribution in [0.4, 0.5) is 5.69 Å². The minimum atomic E-state index is -0.364. The van der Waals surface area contributed by atoms with Crippen LogP contribution in [-0.4, -0.2) is 48.0 Å². The summed E-state index contributed by atoms with van der Waals surface area (Å²) in [6.45, 7) is 2.83. The van der Waals surface area contributed by atoms with Crippen molar-refractivity contribution in [3.63, 3.8) is 0 Å². The third kappa shape index (κ3) is 5.66. The summed E-state index contributed by atoms with van der Waals surface area (Å²) < 4.78 is 0. The van der Waals surface area contributed by atoms with Gasteiger partial charge in [-0.3, -0.25) is 15.1 Å². The predicted molar refractivity (Wildman–Crippen MR) is 108 cm³/mol. The van der Waals surface area contributed by atoms with Crippen molar-refractivity contribution in [1.82, 2.24) is 15.5 Å². The molecule has 1 aromatic rings. The minimum absolute atomic E-state index is 0.118. The molecule has 0 atom stereocenters. The van der Waals surface area contributed by atoms with Crippen LogP contribution in [0.5, 0.6) is 0 Å². The smallest absolute Gasteiger partial charge is 0.269 e. The number of nitrogens with one attached hydrogen (secondary N) is 2. The number of rotatable bonds is 5. The Morgan fingerprint density at radius 1 is 1.22 bits per heavy atom. The van der Waals surface area contributed by atoms with Gasteiger partial charge in [-0.05, 0) is 31.2 Å². The van der Waals surface area contributed by atoms with E-state index in [9.17, 15) is 10.1 Å². The highest BCUT2D eigenvalue weighted by atomic mass is 16.6. The number of benzene rings is 1. The maximum absolute atomic E-state index is 10.9. The second-order valence-electron chi connectivity index (χ2n) is 7.60. The van der Waals surface area contributed by atoms with Gasteiger partial charge >= 0.3 is 0 Å². The van der Waals surface area contributed by atoms with Gasteiger partial charge in [0.05, 0.1) is 4.92 Å². The minimum Gasteiger partial charge on any atom is -0.354 e. The van der Waals surface area contributed by atoms with Crippen LogP contribution in [-0.2, 0) is 6.54 Å². The number of hydrogen-bond acceptors (Lipinski definition) is 4. The maximum Gasteiger partial charge on any atom is 0.269 e. The van der Waals surface area contributed by atoms with Gasteiger partial charge in [-0.15, -0.1) is 0 Å². The molecule has 7 nitrogen and oxygen atoms in total. The molecule has 0 aromatic heterocycles. The first kappa shape index (κ1) is 19.6. The molecule has 0 spiro atoms. The molecule has 2 aliphatic rings. The highest BCUT2D eigenvalue weighted by molar-refractivity contribution is 5.80. The Labute approximate surface area is 161 Å². The first-order chi connectivity index (χ1) is 13.2. The average molecular weight is 374 g/mol. The third-order valence-electron chi connectivity index (χ3n) is 5.77. The lowest BCUT2D eigenvalue weighted by Crippen LogP contribution is -2.50. The van der Waals surface area contributed by atoms with Crippen molar-refractivity contribution in [2.45, 2.75) is 63.6 Å². The van der Waals surface area contributed by atoms with E-state index in [-0.39, 0.29) is 10.6 Å². The highest BCUT2D eigenvalue weighted by Gasteiger charge is 2.26. The Morgan fingerprint density at radius 3 is 2.63 bits per heavy atom. The Bertz CT molecular complexity index is 650. The molecule has 0 radical (unpaired) electrons. The van der Waals surface area contributed by atoms with Crippen molar-refractivity contribution in [1.29, 1.82) is 0 Å². The number of piperidine rings is 1. The first-order valence-corrected chi connectivity index (χ1v) is 10.1. The lowest BCUT2D eigenvalue weighted by Gasteiger charge is -2.39. The highest BCUT2D eigenvalue weighted by Crippen LogP contribution is 2.25. The molecule has 1 saturated carbocycles. The molecule has 0 bridgehead atoms. The molecule has 27 heavy (non-hydrogen) atoms. The molecular formula is C20H31N5O2. The second-order valence-corrected chi connectivity index (χ2v) is 7.60. The van der Waals surface area contributed by atoms with Crippen molar-refractivity contribution < 1.29 is 4.92 Å². The topological polar surface area (TPSA) is 82.8 Å². The number of guanidine groups is 1. The average Bonchev–Trinajstić information content (AvgIpc) is 2.72. The Morgan fingerprint density at radius 2 is 1.96 bits per heavy atom. The van der Waals surface area contributed by atoms with Crippen LogP contribution in [0.25, 0.3) is 0 Å². The molecule has 2 N–H and O–H groups in total. The van der Waals surface area contributed by atoms with Gasteiger partial charge in [0.1, 0.15) is 0 Å². The zero-order chi connectivity index (χ0) is 19.1. The van der Waals surface area contributed by atoms with E-state index in [0.29, 0.717) is 12.6 Å². The fourth-order valence-electron chi connectivity index (χ4n) is 4.21. The van der Waals surface area contributed by atoms with Gasteiger partial charge in [0.2, 0.25) is 0 Å². The number of nitro benzene ring substituents is 1. The van der Waals surface area contributed by atoms with E-state index in [1.807, 2.05) is 6.07 Å². The van der Waals surface area contributed by atoms with Crippen molar-refractivity contribution in [3.8, 4) is 0 Å². The predicted octanol–water partition coefficient (Wildman–Crippen LogP) is 3.06. The number of likely N-dealkylation sites (tertiary alicyclic amines) is 1. The maximum atomic E-state index is 10.9. The van der Waals surface area contributed by atoms with E-state index in [4.69, 9.17) is 0 Å². The van der Waals surface area contributed by atoms with Crippen molar-refractivity contribution in [2.75, 3.05) is 20.1 Å². The van der Waals surface area contributed by atoms with Crippen LogP contribution in [0, 0.1) is 10.1 Å². The molecule has 1 heterocycles. The lowest BCUT2D eigenvalue weighted by molar-refractivity contribution is -0.384. The number of nitrogens with zero attached hydrogens (tertiary/aromatic N) is 3. The second kappa shape index (κ2) is 9.69. The van der Waals surface area contributed by atoms with Crippen LogP contribution >= 0.6 is 0 Å². The summed E-state index contributed by atoms with van der Waals surface area (Å²) in [5.41, 5.74) is 0.992. The molecule has 1 aliphatic carbocycles. The lowest BCUT2D eigenvalue weighted by atomic mass is 9.92. The molecule has 148 valence electrons. The van der Waals surface area contributed by atoms with Gasteiger partial charge in [0.15, 0.2) is 5.96 Å². The van der Waals surface area contributed by atoms with E-state index in [2.05, 4.69) is 20.5 Å². The van der Waals surface area contributed by atoms with Crippen LogP contribution in [0.2, 0.25) is 0 Å². The van der Waals surface area contributed by atoms with Crippen molar-refractivity contribution >= 4 is 11.6 Å². The molecular weight excluding hydrogens is 342 g/mol. The molecule has 7 heteroatoms. The number of aliphatic imine (C=N–C) groups is 1. The van der Waals surface area contributed by atoms with E-state index in [1.165, 1.54) is 38.2 Å². The van der Waals surface area contributed by atoms with Gasteiger partial charge in [0.25, 0.3) is 5.69 Å². The number of nitro groups is 1. The summed E-state index contributed by atoms with van der Waals surface area (Å²) >= 11 is 0. The van der Waals surface area contributed by atoms with Crippen molar-refractivity contribution in [2.24, 2.45) is 4.99 Å². The molecule has 1 aliphatic heterocycles. The van der Waals surface area contributed by atoms with Gasteiger partial charge in [-0.25, -0.2) is 0 Å². The number of non-ortho nitro benzene ring substituents is 1. The van der Waals surface area contributed by atoms with E-state index >= 15 is 0 Å². The monoisotopic (exact) mass is 373 g/mol. The Balaban J connectivity index is 1.44. The summed E-state index contributed by atoms with van der Waals surface area (Å²) in [6.07, 6.45) is 9.17. The normalized spacial score (nSPS) is 20.4. The molecule has 0 amide bonds. The molecule has 1 aromatic carbocycles. The summed E-state index contributed by atoms with van der Waals surface area (Å²) in [7, 11) is 1.76. The van der Waals surface area contributed by atoms with Gasteiger partial charge in [0, 0.05) is 50.9 Å². The van der Waals surface area contributed by atoms with Gasteiger partial charge < -0.3 is 15.5 Å². The fraction of sp³-hybridized carbons (Fsp3) is 0.650. The Hall–Kier alpha value is -2.15. The summed E-state index contributed by atoms with van der Waals surface area (Å²) in [5, 5.41) is 17.7. The molecule has 1 saturated heterocycles. The summed E-state index contributed by atoms with van der Waals surface area (Å²) in [4.78, 5) is 17.5. The first-order valence-electron chi connectivity index (χ1n) is 10.1. The zero-order valence-corrected chi connectivity index (χ0v) is 16.2. The van der Waals surface area contributed by atoms with Gasteiger partial charge in [-0.2, -0.15) is 0 Å². The summed E-state index contributed by atoms with van der Waals surface area (Å²) in [6, 6.07) is 7.94.